The number of pyridine rings is 1. The van der Waals surface area contributed by atoms with Crippen LogP contribution in [0.1, 0.15) is 11.5 Å². The third-order valence-corrected chi connectivity index (χ3v) is 7.74. The molecule has 1 fully saturated rings. The van der Waals surface area contributed by atoms with Crippen molar-refractivity contribution in [2.24, 2.45) is 0 Å². The van der Waals surface area contributed by atoms with Gasteiger partial charge in [-0.3, -0.25) is 9.78 Å². The van der Waals surface area contributed by atoms with Crippen molar-refractivity contribution in [1.29, 1.82) is 0 Å². The summed E-state index contributed by atoms with van der Waals surface area (Å²) in [7, 11) is -3.71. The fourth-order valence-electron chi connectivity index (χ4n) is 3.24. The normalized spacial score (nSPS) is 15.4. The minimum Gasteiger partial charge on any atom is -0.411 e. The predicted molar refractivity (Wildman–Crippen MR) is 110 cm³/mol. The smallest absolute Gasteiger partial charge is 0.277 e. The average Bonchev–Trinajstić information content (AvgIpc) is 3.39. The number of carbonyl (C=O) groups is 1. The monoisotopic (exact) mass is 464 g/mol. The van der Waals surface area contributed by atoms with E-state index in [-0.39, 0.29) is 40.6 Å². The molecule has 0 N–H and O–H groups in total. The Kier molecular flexibility index (Phi) is 6.07. The van der Waals surface area contributed by atoms with Crippen LogP contribution in [0.4, 0.5) is 0 Å². The number of thioether (sulfide) groups is 1. The summed E-state index contributed by atoms with van der Waals surface area (Å²) >= 11 is 1.14. The topological polar surface area (TPSA) is 136 Å². The number of aryl methyl sites for hydroxylation is 2. The molecule has 0 unspecified atom stereocenters. The molecule has 164 valence electrons. The molecule has 0 saturated carbocycles. The van der Waals surface area contributed by atoms with E-state index in [2.05, 4.69) is 20.3 Å². The van der Waals surface area contributed by atoms with E-state index in [0.717, 1.165) is 11.8 Å². The summed E-state index contributed by atoms with van der Waals surface area (Å²) in [5.74, 6) is 0.588. The van der Waals surface area contributed by atoms with Crippen molar-refractivity contribution in [3.63, 3.8) is 0 Å². The summed E-state index contributed by atoms with van der Waals surface area (Å²) in [4.78, 5) is 18.3. The standard InChI is InChI=1S/C18H20N6O5S2/c1-12-16(13(2)29-22-12)31(26,27)24-8-6-23(7-9-24)15(25)11-30-18-21-20-17(28-18)14-4-3-5-19-10-14/h3-5,10H,6-9,11H2,1-2H3. The van der Waals surface area contributed by atoms with Gasteiger partial charge in [-0.25, -0.2) is 8.42 Å². The molecule has 13 heteroatoms. The Hall–Kier alpha value is -2.77. The lowest BCUT2D eigenvalue weighted by molar-refractivity contribution is -0.129. The van der Waals surface area contributed by atoms with Gasteiger partial charge in [-0.05, 0) is 26.0 Å². The van der Waals surface area contributed by atoms with E-state index >= 15 is 0 Å². The molecule has 11 nitrogen and oxygen atoms in total. The van der Waals surface area contributed by atoms with Crippen molar-refractivity contribution in [2.45, 2.75) is 24.0 Å². The maximum absolute atomic E-state index is 12.9. The van der Waals surface area contributed by atoms with Crippen LogP contribution < -0.4 is 0 Å². The number of hydrogen-bond donors (Lipinski definition) is 0. The maximum Gasteiger partial charge on any atom is 0.277 e. The summed E-state index contributed by atoms with van der Waals surface area (Å²) in [6, 6.07) is 3.57. The minimum atomic E-state index is -3.71. The molecule has 0 atom stereocenters. The van der Waals surface area contributed by atoms with Crippen molar-refractivity contribution in [3.05, 3.63) is 36.0 Å². The summed E-state index contributed by atoms with van der Waals surface area (Å²) in [5, 5.41) is 11.9. The number of nitrogens with zero attached hydrogens (tertiary/aromatic N) is 6. The Balaban J connectivity index is 1.31. The first-order chi connectivity index (χ1) is 14.9. The van der Waals surface area contributed by atoms with Crippen molar-refractivity contribution in [2.75, 3.05) is 31.9 Å². The summed E-state index contributed by atoms with van der Waals surface area (Å²) < 4.78 is 37.7. The number of carbonyl (C=O) groups excluding carboxylic acids is 1. The van der Waals surface area contributed by atoms with E-state index in [1.54, 1.807) is 43.3 Å². The Bertz CT molecular complexity index is 1150. The van der Waals surface area contributed by atoms with Gasteiger partial charge >= 0.3 is 0 Å². The van der Waals surface area contributed by atoms with Crippen molar-refractivity contribution >= 4 is 27.7 Å². The quantitative estimate of drug-likeness (QED) is 0.492. The SMILES string of the molecule is Cc1noc(C)c1S(=O)(=O)N1CCN(C(=O)CSc2nnc(-c3cccnc3)o2)CC1. The van der Waals surface area contributed by atoms with E-state index in [4.69, 9.17) is 8.94 Å². The average molecular weight is 465 g/mol. The van der Waals surface area contributed by atoms with Gasteiger partial charge in [-0.2, -0.15) is 4.31 Å². The number of rotatable bonds is 6. The second kappa shape index (κ2) is 8.77. The van der Waals surface area contributed by atoms with Crippen molar-refractivity contribution in [3.8, 4) is 11.5 Å². The fourth-order valence-corrected chi connectivity index (χ4v) is 5.62. The minimum absolute atomic E-state index is 0.101. The van der Waals surface area contributed by atoms with E-state index in [0.29, 0.717) is 30.2 Å². The molecular formula is C18H20N6O5S2. The third-order valence-electron chi connectivity index (χ3n) is 4.79. The van der Waals surface area contributed by atoms with E-state index in [1.165, 1.54) is 4.31 Å². The fraction of sp³-hybridized carbons (Fsp3) is 0.389. The molecule has 4 rings (SSSR count). The molecule has 1 aliphatic rings. The lowest BCUT2D eigenvalue weighted by Crippen LogP contribution is -2.51. The number of sulfonamides is 1. The van der Waals surface area contributed by atoms with Gasteiger partial charge in [-0.15, -0.1) is 10.2 Å². The van der Waals surface area contributed by atoms with Crippen LogP contribution in [-0.4, -0.2) is 75.8 Å². The number of piperazine rings is 1. The summed E-state index contributed by atoms with van der Waals surface area (Å²) in [6.07, 6.45) is 3.26. The van der Waals surface area contributed by atoms with Gasteiger partial charge in [0, 0.05) is 38.6 Å². The molecule has 3 aromatic heterocycles. The lowest BCUT2D eigenvalue weighted by atomic mass is 10.3. The van der Waals surface area contributed by atoms with Crippen LogP contribution in [-0.2, 0) is 14.8 Å². The van der Waals surface area contributed by atoms with Gasteiger partial charge in [0.1, 0.15) is 10.6 Å². The molecule has 1 saturated heterocycles. The highest BCUT2D eigenvalue weighted by Crippen LogP contribution is 2.25. The van der Waals surface area contributed by atoms with Gasteiger partial charge in [-0.1, -0.05) is 16.9 Å². The molecule has 0 aliphatic carbocycles. The highest BCUT2D eigenvalue weighted by atomic mass is 32.2. The zero-order valence-electron chi connectivity index (χ0n) is 16.9. The van der Waals surface area contributed by atoms with Crippen LogP contribution in [0.3, 0.4) is 0 Å². The number of amides is 1. The van der Waals surface area contributed by atoms with Crippen LogP contribution in [0, 0.1) is 13.8 Å². The molecule has 0 aromatic carbocycles. The Morgan fingerprint density at radius 2 is 1.97 bits per heavy atom. The van der Waals surface area contributed by atoms with Gasteiger partial charge in [0.15, 0.2) is 5.76 Å². The molecule has 0 bridgehead atoms. The maximum atomic E-state index is 12.9. The van der Waals surface area contributed by atoms with Gasteiger partial charge < -0.3 is 13.8 Å². The molecule has 1 aliphatic heterocycles. The van der Waals surface area contributed by atoms with Crippen LogP contribution in [0.15, 0.2) is 43.6 Å². The van der Waals surface area contributed by atoms with E-state index in [1.807, 2.05) is 0 Å². The number of hydrogen-bond acceptors (Lipinski definition) is 10. The van der Waals surface area contributed by atoms with Crippen LogP contribution in [0.2, 0.25) is 0 Å². The molecule has 0 spiro atoms. The van der Waals surface area contributed by atoms with Crippen molar-refractivity contribution in [1.82, 2.24) is 29.5 Å². The second-order valence-electron chi connectivity index (χ2n) is 6.84. The van der Waals surface area contributed by atoms with Gasteiger partial charge in [0.2, 0.25) is 21.8 Å². The summed E-state index contributed by atoms with van der Waals surface area (Å²) in [5.41, 5.74) is 1.03. The van der Waals surface area contributed by atoms with E-state index in [9.17, 15) is 13.2 Å². The number of aromatic nitrogens is 4. The van der Waals surface area contributed by atoms with Gasteiger partial charge in [0.25, 0.3) is 5.22 Å². The van der Waals surface area contributed by atoms with Crippen LogP contribution >= 0.6 is 11.8 Å². The van der Waals surface area contributed by atoms with Crippen LogP contribution in [0.25, 0.3) is 11.5 Å². The Morgan fingerprint density at radius 1 is 1.19 bits per heavy atom. The Morgan fingerprint density at radius 3 is 2.61 bits per heavy atom. The zero-order valence-corrected chi connectivity index (χ0v) is 18.5. The highest BCUT2D eigenvalue weighted by Gasteiger charge is 2.34. The first kappa shape index (κ1) is 21.5. The largest absolute Gasteiger partial charge is 0.411 e. The van der Waals surface area contributed by atoms with Crippen molar-refractivity contribution < 1.29 is 22.2 Å². The predicted octanol–water partition coefficient (Wildman–Crippen LogP) is 1.36. The second-order valence-corrected chi connectivity index (χ2v) is 9.64. The third kappa shape index (κ3) is 4.48. The highest BCUT2D eigenvalue weighted by molar-refractivity contribution is 7.99. The molecule has 0 radical (unpaired) electrons. The Labute approximate surface area is 182 Å². The first-order valence-electron chi connectivity index (χ1n) is 9.44. The molecule has 4 heterocycles. The molecular weight excluding hydrogens is 444 g/mol. The lowest BCUT2D eigenvalue weighted by Gasteiger charge is -2.33. The van der Waals surface area contributed by atoms with Crippen LogP contribution in [0.5, 0.6) is 0 Å². The molecule has 3 aromatic rings. The first-order valence-corrected chi connectivity index (χ1v) is 11.9. The molecule has 1 amide bonds. The van der Waals surface area contributed by atoms with E-state index < -0.39 is 10.0 Å². The zero-order chi connectivity index (χ0) is 22.0. The molecule has 31 heavy (non-hydrogen) atoms. The van der Waals surface area contributed by atoms with Gasteiger partial charge in [0.05, 0.1) is 11.3 Å². The summed E-state index contributed by atoms with van der Waals surface area (Å²) in [6.45, 7) is 4.17.